The number of halogens is 2. The van der Waals surface area contributed by atoms with Crippen molar-refractivity contribution in [3.05, 3.63) is 64.9 Å². The van der Waals surface area contributed by atoms with Gasteiger partial charge in [0.2, 0.25) is 21.8 Å². The first-order valence-electron chi connectivity index (χ1n) is 11.1. The van der Waals surface area contributed by atoms with E-state index in [1.807, 2.05) is 6.92 Å². The third-order valence-corrected chi connectivity index (χ3v) is 6.67. The third kappa shape index (κ3) is 7.99. The molecule has 1 N–H and O–H groups in total. The number of rotatable bonds is 12. The lowest BCUT2D eigenvalue weighted by molar-refractivity contribution is -0.140. The lowest BCUT2D eigenvalue weighted by Gasteiger charge is -2.33. The highest BCUT2D eigenvalue weighted by molar-refractivity contribution is 7.92. The molecular formula is C24H31ClFN3O4S. The van der Waals surface area contributed by atoms with E-state index in [1.54, 1.807) is 6.92 Å². The maximum absolute atomic E-state index is 13.5. The van der Waals surface area contributed by atoms with Crippen molar-refractivity contribution >= 4 is 39.1 Å². The van der Waals surface area contributed by atoms with E-state index in [0.29, 0.717) is 23.6 Å². The highest BCUT2D eigenvalue weighted by atomic mass is 35.5. The Morgan fingerprint density at radius 2 is 1.68 bits per heavy atom. The standard InChI is InChI=1S/C24H31ClFN3O4S/c1-4-6-15-27-24(31)22(5-2)28(16-18-7-11-20(26)12-8-18)23(30)17-29(34(3,32)33)21-13-9-19(25)10-14-21/h7-14,22H,4-6,15-17H2,1-3H3,(H,27,31). The number of nitrogens with one attached hydrogen (secondary N) is 1. The summed E-state index contributed by atoms with van der Waals surface area (Å²) >= 11 is 5.92. The summed E-state index contributed by atoms with van der Waals surface area (Å²) in [5.41, 5.74) is 0.898. The van der Waals surface area contributed by atoms with Crippen LogP contribution in [0.3, 0.4) is 0 Å². The van der Waals surface area contributed by atoms with Crippen LogP contribution in [0.2, 0.25) is 5.02 Å². The molecule has 2 rings (SSSR count). The molecule has 34 heavy (non-hydrogen) atoms. The van der Waals surface area contributed by atoms with E-state index in [0.717, 1.165) is 23.4 Å². The Kier molecular flexibility index (Phi) is 10.3. The van der Waals surface area contributed by atoms with Gasteiger partial charge in [0, 0.05) is 18.1 Å². The quantitative estimate of drug-likeness (QED) is 0.437. The first-order chi connectivity index (χ1) is 16.1. The number of amides is 2. The summed E-state index contributed by atoms with van der Waals surface area (Å²) in [5.74, 6) is -1.29. The summed E-state index contributed by atoms with van der Waals surface area (Å²) in [6, 6.07) is 10.9. The van der Waals surface area contributed by atoms with Crippen LogP contribution in [-0.2, 0) is 26.2 Å². The summed E-state index contributed by atoms with van der Waals surface area (Å²) in [4.78, 5) is 27.8. The molecule has 10 heteroatoms. The minimum Gasteiger partial charge on any atom is -0.354 e. The number of carbonyl (C=O) groups is 2. The van der Waals surface area contributed by atoms with Crippen molar-refractivity contribution in [1.82, 2.24) is 10.2 Å². The zero-order valence-electron chi connectivity index (χ0n) is 19.6. The number of nitrogens with zero attached hydrogens (tertiary/aromatic N) is 2. The maximum Gasteiger partial charge on any atom is 0.244 e. The fraction of sp³-hybridized carbons (Fsp3) is 0.417. The van der Waals surface area contributed by atoms with Crippen LogP contribution in [0.25, 0.3) is 0 Å². The van der Waals surface area contributed by atoms with Gasteiger partial charge < -0.3 is 10.2 Å². The molecule has 0 radical (unpaired) electrons. The van der Waals surface area contributed by atoms with Crippen molar-refractivity contribution in [2.45, 2.75) is 45.7 Å². The van der Waals surface area contributed by atoms with Crippen LogP contribution in [0.15, 0.2) is 48.5 Å². The van der Waals surface area contributed by atoms with Crippen LogP contribution in [0.5, 0.6) is 0 Å². The Labute approximate surface area is 205 Å². The average molecular weight is 512 g/mol. The first-order valence-corrected chi connectivity index (χ1v) is 13.3. The highest BCUT2D eigenvalue weighted by Gasteiger charge is 2.31. The summed E-state index contributed by atoms with van der Waals surface area (Å²) < 4.78 is 39.4. The first kappa shape index (κ1) is 27.6. The molecule has 0 aliphatic heterocycles. The number of benzene rings is 2. The highest BCUT2D eigenvalue weighted by Crippen LogP contribution is 2.22. The molecule has 186 valence electrons. The molecule has 0 saturated carbocycles. The van der Waals surface area contributed by atoms with Crippen molar-refractivity contribution in [3.63, 3.8) is 0 Å². The van der Waals surface area contributed by atoms with E-state index in [9.17, 15) is 22.4 Å². The maximum atomic E-state index is 13.5. The molecule has 0 saturated heterocycles. The van der Waals surface area contributed by atoms with Gasteiger partial charge in [0.05, 0.1) is 11.9 Å². The number of hydrogen-bond donors (Lipinski definition) is 1. The Morgan fingerprint density at radius 3 is 2.21 bits per heavy atom. The summed E-state index contributed by atoms with van der Waals surface area (Å²) in [5, 5.41) is 3.27. The van der Waals surface area contributed by atoms with Gasteiger partial charge in [-0.3, -0.25) is 13.9 Å². The van der Waals surface area contributed by atoms with Crippen LogP contribution in [0.1, 0.15) is 38.7 Å². The number of hydrogen-bond acceptors (Lipinski definition) is 4. The molecule has 0 aromatic heterocycles. The van der Waals surface area contributed by atoms with Gasteiger partial charge >= 0.3 is 0 Å². The van der Waals surface area contributed by atoms with Gasteiger partial charge in [-0.15, -0.1) is 0 Å². The van der Waals surface area contributed by atoms with Gasteiger partial charge in [-0.2, -0.15) is 0 Å². The molecule has 7 nitrogen and oxygen atoms in total. The minimum atomic E-state index is -3.82. The molecule has 0 fully saturated rings. The van der Waals surface area contributed by atoms with Crippen molar-refractivity contribution in [1.29, 1.82) is 0 Å². The van der Waals surface area contributed by atoms with E-state index in [-0.39, 0.29) is 18.1 Å². The van der Waals surface area contributed by atoms with E-state index in [2.05, 4.69) is 5.32 Å². The molecule has 0 aliphatic rings. The van der Waals surface area contributed by atoms with Crippen molar-refractivity contribution in [2.24, 2.45) is 0 Å². The number of sulfonamides is 1. The van der Waals surface area contributed by atoms with Crippen LogP contribution in [-0.4, -0.2) is 50.5 Å². The second kappa shape index (κ2) is 12.7. The summed E-state index contributed by atoms with van der Waals surface area (Å²) in [6.45, 7) is 3.79. The summed E-state index contributed by atoms with van der Waals surface area (Å²) in [7, 11) is -3.82. The molecule has 0 spiro atoms. The lowest BCUT2D eigenvalue weighted by Crippen LogP contribution is -2.52. The third-order valence-electron chi connectivity index (χ3n) is 5.28. The van der Waals surface area contributed by atoms with Crippen LogP contribution in [0.4, 0.5) is 10.1 Å². The molecule has 0 aliphatic carbocycles. The van der Waals surface area contributed by atoms with Gasteiger partial charge in [-0.25, -0.2) is 12.8 Å². The smallest absolute Gasteiger partial charge is 0.244 e. The molecule has 1 unspecified atom stereocenters. The normalized spacial score (nSPS) is 12.1. The van der Waals surface area contributed by atoms with Gasteiger partial charge in [-0.05, 0) is 54.8 Å². The van der Waals surface area contributed by atoms with Crippen molar-refractivity contribution in [3.8, 4) is 0 Å². The van der Waals surface area contributed by atoms with Gasteiger partial charge in [0.25, 0.3) is 0 Å². The number of anilines is 1. The zero-order chi connectivity index (χ0) is 25.3. The lowest BCUT2D eigenvalue weighted by atomic mass is 10.1. The van der Waals surface area contributed by atoms with E-state index >= 15 is 0 Å². The predicted molar refractivity (Wildman–Crippen MR) is 133 cm³/mol. The van der Waals surface area contributed by atoms with Crippen molar-refractivity contribution < 1.29 is 22.4 Å². The van der Waals surface area contributed by atoms with Crippen LogP contribution >= 0.6 is 11.6 Å². The Hall–Kier alpha value is -2.65. The second-order valence-electron chi connectivity index (χ2n) is 7.96. The number of unbranched alkanes of at least 4 members (excludes halogenated alkanes) is 1. The number of carbonyl (C=O) groups excluding carboxylic acids is 2. The molecular weight excluding hydrogens is 481 g/mol. The van der Waals surface area contributed by atoms with E-state index in [4.69, 9.17) is 11.6 Å². The largest absolute Gasteiger partial charge is 0.354 e. The minimum absolute atomic E-state index is 0.0248. The zero-order valence-corrected chi connectivity index (χ0v) is 21.2. The molecule has 2 amide bonds. The SMILES string of the molecule is CCCCNC(=O)C(CC)N(Cc1ccc(F)cc1)C(=O)CN(c1ccc(Cl)cc1)S(C)(=O)=O. The fourth-order valence-electron chi connectivity index (χ4n) is 3.43. The molecule has 0 bridgehead atoms. The average Bonchev–Trinajstić information content (AvgIpc) is 2.78. The van der Waals surface area contributed by atoms with Gasteiger partial charge in [0.15, 0.2) is 0 Å². The van der Waals surface area contributed by atoms with Gasteiger partial charge in [-0.1, -0.05) is 44.0 Å². The Morgan fingerprint density at radius 1 is 1.06 bits per heavy atom. The topological polar surface area (TPSA) is 86.8 Å². The molecule has 0 heterocycles. The molecule has 2 aromatic rings. The Balaban J connectivity index is 2.37. The van der Waals surface area contributed by atoms with E-state index < -0.39 is 34.3 Å². The van der Waals surface area contributed by atoms with Crippen LogP contribution in [0, 0.1) is 5.82 Å². The molecule has 2 aromatic carbocycles. The summed E-state index contributed by atoms with van der Waals surface area (Å²) in [6.07, 6.45) is 3.03. The fourth-order valence-corrected chi connectivity index (χ4v) is 4.41. The van der Waals surface area contributed by atoms with Gasteiger partial charge in [0.1, 0.15) is 18.4 Å². The van der Waals surface area contributed by atoms with Crippen molar-refractivity contribution in [2.75, 3.05) is 23.7 Å². The second-order valence-corrected chi connectivity index (χ2v) is 10.3. The predicted octanol–water partition coefficient (Wildman–Crippen LogP) is 3.97. The monoisotopic (exact) mass is 511 g/mol. The van der Waals surface area contributed by atoms with Crippen LogP contribution < -0.4 is 9.62 Å². The Bertz CT molecular complexity index is 1060. The van der Waals surface area contributed by atoms with E-state index in [1.165, 1.54) is 53.4 Å². The molecule has 1 atom stereocenters.